The van der Waals surface area contributed by atoms with Crippen LogP contribution in [0, 0.1) is 11.3 Å². The number of benzene rings is 2. The monoisotopic (exact) mass is 367 g/mol. The Morgan fingerprint density at radius 3 is 2.04 bits per heavy atom. The van der Waals surface area contributed by atoms with E-state index in [4.69, 9.17) is 10.00 Å². The molecule has 5 aromatic rings. The zero-order valence-corrected chi connectivity index (χ0v) is 14.8. The van der Waals surface area contributed by atoms with Crippen LogP contribution in [-0.4, -0.2) is 37.0 Å². The highest BCUT2D eigenvalue weighted by Gasteiger charge is 2.11. The molecule has 2 aromatic carbocycles. The SMILES string of the molecule is COc1ccc2nc(-c3cnc(-c4nc5ccc(C#N)cc5[nH]4)cn3)[nH]c2c1. The summed E-state index contributed by atoms with van der Waals surface area (Å²) < 4.78 is 5.24. The van der Waals surface area contributed by atoms with Gasteiger partial charge >= 0.3 is 0 Å². The fourth-order valence-electron chi connectivity index (χ4n) is 3.01. The van der Waals surface area contributed by atoms with Gasteiger partial charge in [0.15, 0.2) is 11.6 Å². The summed E-state index contributed by atoms with van der Waals surface area (Å²) in [6.45, 7) is 0. The molecule has 2 N–H and O–H groups in total. The molecule has 0 saturated carbocycles. The number of nitrogens with one attached hydrogen (secondary N) is 2. The topological polar surface area (TPSA) is 116 Å². The zero-order valence-electron chi connectivity index (χ0n) is 14.8. The number of rotatable bonds is 3. The fourth-order valence-corrected chi connectivity index (χ4v) is 3.01. The number of hydrogen-bond acceptors (Lipinski definition) is 6. The molecule has 0 spiro atoms. The van der Waals surface area contributed by atoms with Gasteiger partial charge in [0.25, 0.3) is 0 Å². The van der Waals surface area contributed by atoms with Crippen LogP contribution in [0.5, 0.6) is 5.75 Å². The third-order valence-electron chi connectivity index (χ3n) is 4.44. The average Bonchev–Trinajstić information content (AvgIpc) is 3.36. The van der Waals surface area contributed by atoms with Crippen LogP contribution in [0.15, 0.2) is 48.8 Å². The van der Waals surface area contributed by atoms with Crippen LogP contribution in [0.25, 0.3) is 45.1 Å². The molecule has 0 bridgehead atoms. The second kappa shape index (κ2) is 6.17. The minimum Gasteiger partial charge on any atom is -0.497 e. The Morgan fingerprint density at radius 1 is 0.857 bits per heavy atom. The standard InChI is InChI=1S/C20H13N7O/c1-28-12-3-5-14-16(7-12)27-20(25-14)18-10-22-17(9-23-18)19-24-13-4-2-11(8-21)6-15(13)26-19/h2-7,9-10H,1H3,(H,24,26)(H,25,27). The summed E-state index contributed by atoms with van der Waals surface area (Å²) >= 11 is 0. The van der Waals surface area contributed by atoms with Gasteiger partial charge in [0.05, 0.1) is 53.2 Å². The highest BCUT2D eigenvalue weighted by atomic mass is 16.5. The number of nitriles is 1. The first-order valence-corrected chi connectivity index (χ1v) is 8.50. The van der Waals surface area contributed by atoms with Gasteiger partial charge in [0, 0.05) is 6.07 Å². The lowest BCUT2D eigenvalue weighted by molar-refractivity contribution is 0.415. The molecule has 0 unspecified atom stereocenters. The number of nitrogens with zero attached hydrogens (tertiary/aromatic N) is 5. The van der Waals surface area contributed by atoms with Crippen molar-refractivity contribution in [2.45, 2.75) is 0 Å². The van der Waals surface area contributed by atoms with E-state index < -0.39 is 0 Å². The Morgan fingerprint density at radius 2 is 1.46 bits per heavy atom. The number of imidazole rings is 2. The van der Waals surface area contributed by atoms with Gasteiger partial charge < -0.3 is 14.7 Å². The minimum absolute atomic E-state index is 0.575. The van der Waals surface area contributed by atoms with Crippen molar-refractivity contribution < 1.29 is 4.74 Å². The second-order valence-electron chi connectivity index (χ2n) is 6.18. The average molecular weight is 367 g/mol. The Hall–Kier alpha value is -4.25. The van der Waals surface area contributed by atoms with Crippen molar-refractivity contribution in [3.8, 4) is 34.9 Å². The number of aromatic nitrogens is 6. The van der Waals surface area contributed by atoms with E-state index in [1.54, 1.807) is 37.7 Å². The van der Waals surface area contributed by atoms with Crippen molar-refractivity contribution in [3.63, 3.8) is 0 Å². The van der Waals surface area contributed by atoms with Gasteiger partial charge in [-0.25, -0.2) is 19.9 Å². The molecule has 0 saturated heterocycles. The van der Waals surface area contributed by atoms with E-state index >= 15 is 0 Å². The maximum Gasteiger partial charge on any atom is 0.158 e. The number of H-pyrrole nitrogens is 2. The van der Waals surface area contributed by atoms with Gasteiger partial charge in [-0.05, 0) is 30.3 Å². The van der Waals surface area contributed by atoms with Gasteiger partial charge in [-0.1, -0.05) is 0 Å². The highest BCUT2D eigenvalue weighted by Crippen LogP contribution is 2.24. The third-order valence-corrected chi connectivity index (χ3v) is 4.44. The van der Waals surface area contributed by atoms with Crippen LogP contribution in [0.3, 0.4) is 0 Å². The molecule has 8 heteroatoms. The molecule has 28 heavy (non-hydrogen) atoms. The van der Waals surface area contributed by atoms with E-state index in [0.29, 0.717) is 28.6 Å². The summed E-state index contributed by atoms with van der Waals surface area (Å²) in [6, 6.07) is 13.1. The van der Waals surface area contributed by atoms with Crippen LogP contribution in [0.1, 0.15) is 5.56 Å². The fraction of sp³-hybridized carbons (Fsp3) is 0.0500. The first kappa shape index (κ1) is 16.0. The highest BCUT2D eigenvalue weighted by molar-refractivity contribution is 5.81. The number of fused-ring (bicyclic) bond motifs is 2. The molecule has 0 radical (unpaired) electrons. The molecule has 3 heterocycles. The summed E-state index contributed by atoms with van der Waals surface area (Å²) in [7, 11) is 1.63. The molecule has 134 valence electrons. The molecule has 0 atom stereocenters. The predicted octanol–water partition coefficient (Wildman–Crippen LogP) is 3.44. The minimum atomic E-state index is 0.575. The van der Waals surface area contributed by atoms with Crippen LogP contribution in [0.2, 0.25) is 0 Å². The molecule has 3 aromatic heterocycles. The molecule has 0 amide bonds. The summed E-state index contributed by atoms with van der Waals surface area (Å²) in [4.78, 5) is 24.4. The van der Waals surface area contributed by atoms with Crippen molar-refractivity contribution in [1.29, 1.82) is 5.26 Å². The summed E-state index contributed by atoms with van der Waals surface area (Å²) in [5.74, 6) is 1.98. The van der Waals surface area contributed by atoms with Gasteiger partial charge in [0.2, 0.25) is 0 Å². The number of methoxy groups -OCH3 is 1. The molecule has 0 aliphatic carbocycles. The van der Waals surface area contributed by atoms with Crippen LogP contribution in [-0.2, 0) is 0 Å². The van der Waals surface area contributed by atoms with Gasteiger partial charge in [-0.3, -0.25) is 0 Å². The maximum absolute atomic E-state index is 9.02. The van der Waals surface area contributed by atoms with E-state index in [2.05, 4.69) is 36.0 Å². The second-order valence-corrected chi connectivity index (χ2v) is 6.18. The Labute approximate surface area is 158 Å². The summed E-state index contributed by atoms with van der Waals surface area (Å²) in [5, 5.41) is 9.02. The normalized spacial score (nSPS) is 11.0. The smallest absolute Gasteiger partial charge is 0.158 e. The number of hydrogen-bond donors (Lipinski definition) is 2. The van der Waals surface area contributed by atoms with E-state index in [9.17, 15) is 0 Å². The maximum atomic E-state index is 9.02. The van der Waals surface area contributed by atoms with Crippen LogP contribution >= 0.6 is 0 Å². The predicted molar refractivity (Wildman–Crippen MR) is 103 cm³/mol. The molecule has 8 nitrogen and oxygen atoms in total. The Kier molecular flexibility index (Phi) is 3.52. The van der Waals surface area contributed by atoms with E-state index in [1.807, 2.05) is 18.2 Å². The largest absolute Gasteiger partial charge is 0.497 e. The lowest BCUT2D eigenvalue weighted by atomic mass is 10.2. The zero-order chi connectivity index (χ0) is 19.1. The Balaban J connectivity index is 1.49. The summed E-state index contributed by atoms with van der Waals surface area (Å²) in [5.41, 5.74) is 5.05. The first-order chi connectivity index (χ1) is 13.7. The molecule has 5 rings (SSSR count). The molecule has 0 aliphatic rings. The number of aromatic amines is 2. The van der Waals surface area contributed by atoms with E-state index in [-0.39, 0.29) is 0 Å². The van der Waals surface area contributed by atoms with Crippen LogP contribution in [0.4, 0.5) is 0 Å². The quantitative estimate of drug-likeness (QED) is 0.504. The molecule has 0 fully saturated rings. The lowest BCUT2D eigenvalue weighted by Crippen LogP contribution is -1.91. The van der Waals surface area contributed by atoms with Crippen molar-refractivity contribution in [2.24, 2.45) is 0 Å². The van der Waals surface area contributed by atoms with Crippen molar-refractivity contribution >= 4 is 22.1 Å². The van der Waals surface area contributed by atoms with Gasteiger partial charge in [-0.2, -0.15) is 5.26 Å². The van der Waals surface area contributed by atoms with Gasteiger partial charge in [0.1, 0.15) is 17.1 Å². The third kappa shape index (κ3) is 2.62. The van der Waals surface area contributed by atoms with E-state index in [0.717, 1.165) is 27.8 Å². The van der Waals surface area contributed by atoms with Crippen molar-refractivity contribution in [1.82, 2.24) is 29.9 Å². The van der Waals surface area contributed by atoms with Gasteiger partial charge in [-0.15, -0.1) is 0 Å². The molecular formula is C20H13N7O. The Bertz CT molecular complexity index is 1360. The van der Waals surface area contributed by atoms with E-state index in [1.165, 1.54) is 0 Å². The van der Waals surface area contributed by atoms with Crippen molar-refractivity contribution in [2.75, 3.05) is 7.11 Å². The number of ether oxygens (including phenoxy) is 1. The molecular weight excluding hydrogens is 354 g/mol. The van der Waals surface area contributed by atoms with Crippen LogP contribution < -0.4 is 4.74 Å². The molecule has 0 aliphatic heterocycles. The lowest BCUT2D eigenvalue weighted by Gasteiger charge is -1.98. The summed E-state index contributed by atoms with van der Waals surface area (Å²) in [6.07, 6.45) is 3.30. The van der Waals surface area contributed by atoms with Crippen molar-refractivity contribution in [3.05, 3.63) is 54.4 Å². The first-order valence-electron chi connectivity index (χ1n) is 8.50.